The molecule has 0 fully saturated rings. The SMILES string of the molecule is CNc1cc([N+](=O)[O-])cc(Sc2n[nH]c(C)n2)n1. The Balaban J connectivity index is 2.32. The van der Waals surface area contributed by atoms with Gasteiger partial charge in [-0.2, -0.15) is 0 Å². The number of pyridine rings is 1. The predicted molar refractivity (Wildman–Crippen MR) is 65.7 cm³/mol. The Morgan fingerprint density at radius 1 is 1.44 bits per heavy atom. The Morgan fingerprint density at radius 3 is 2.78 bits per heavy atom. The Labute approximate surface area is 106 Å². The first-order valence-corrected chi connectivity index (χ1v) is 5.81. The van der Waals surface area contributed by atoms with Crippen LogP contribution in [0.1, 0.15) is 5.82 Å². The van der Waals surface area contributed by atoms with Gasteiger partial charge in [0, 0.05) is 13.1 Å². The van der Waals surface area contributed by atoms with E-state index in [0.29, 0.717) is 21.8 Å². The third-order valence-corrected chi connectivity index (χ3v) is 2.81. The van der Waals surface area contributed by atoms with Gasteiger partial charge in [-0.1, -0.05) is 0 Å². The van der Waals surface area contributed by atoms with Crippen LogP contribution in [0.4, 0.5) is 11.5 Å². The number of hydrogen-bond donors (Lipinski definition) is 2. The summed E-state index contributed by atoms with van der Waals surface area (Å²) in [6.45, 7) is 1.77. The molecule has 2 heterocycles. The van der Waals surface area contributed by atoms with Gasteiger partial charge in [-0.3, -0.25) is 15.2 Å². The van der Waals surface area contributed by atoms with Crippen molar-refractivity contribution in [3.8, 4) is 0 Å². The van der Waals surface area contributed by atoms with Crippen LogP contribution in [0, 0.1) is 17.0 Å². The summed E-state index contributed by atoms with van der Waals surface area (Å²) in [4.78, 5) is 18.6. The predicted octanol–water partition coefficient (Wildman–Crippen LogP) is 1.61. The highest BCUT2D eigenvalue weighted by Gasteiger charge is 2.13. The van der Waals surface area contributed by atoms with Crippen LogP contribution in [-0.2, 0) is 0 Å². The molecule has 0 unspecified atom stereocenters. The number of rotatable bonds is 4. The van der Waals surface area contributed by atoms with Gasteiger partial charge in [-0.25, -0.2) is 9.97 Å². The second kappa shape index (κ2) is 5.00. The number of aromatic amines is 1. The Kier molecular flexibility index (Phi) is 3.42. The zero-order valence-electron chi connectivity index (χ0n) is 9.67. The minimum Gasteiger partial charge on any atom is -0.373 e. The van der Waals surface area contributed by atoms with Gasteiger partial charge in [-0.15, -0.1) is 5.10 Å². The largest absolute Gasteiger partial charge is 0.373 e. The zero-order chi connectivity index (χ0) is 13.1. The summed E-state index contributed by atoms with van der Waals surface area (Å²) < 4.78 is 0. The number of H-pyrrole nitrogens is 1. The van der Waals surface area contributed by atoms with Gasteiger partial charge in [0.15, 0.2) is 0 Å². The first-order chi connectivity index (χ1) is 8.58. The maximum absolute atomic E-state index is 10.8. The van der Waals surface area contributed by atoms with Crippen LogP contribution in [0.2, 0.25) is 0 Å². The monoisotopic (exact) mass is 266 g/mol. The van der Waals surface area contributed by atoms with Crippen LogP contribution in [0.3, 0.4) is 0 Å². The molecule has 0 aromatic carbocycles. The third-order valence-electron chi connectivity index (χ3n) is 2.03. The molecule has 2 rings (SSSR count). The van der Waals surface area contributed by atoms with Crippen LogP contribution in [0.25, 0.3) is 0 Å². The van der Waals surface area contributed by atoms with E-state index in [0.717, 1.165) is 11.8 Å². The van der Waals surface area contributed by atoms with Crippen molar-refractivity contribution in [3.63, 3.8) is 0 Å². The molecule has 94 valence electrons. The second-order valence-electron chi connectivity index (χ2n) is 3.36. The average molecular weight is 266 g/mol. The number of hydrogen-bond acceptors (Lipinski definition) is 7. The molecule has 0 aliphatic rings. The molecule has 0 saturated carbocycles. The van der Waals surface area contributed by atoms with Crippen molar-refractivity contribution in [2.45, 2.75) is 17.1 Å². The summed E-state index contributed by atoms with van der Waals surface area (Å²) in [6.07, 6.45) is 0. The normalized spacial score (nSPS) is 10.3. The number of anilines is 1. The highest BCUT2D eigenvalue weighted by Crippen LogP contribution is 2.27. The van der Waals surface area contributed by atoms with Gasteiger partial charge in [0.1, 0.15) is 16.7 Å². The van der Waals surface area contributed by atoms with E-state index in [4.69, 9.17) is 0 Å². The van der Waals surface area contributed by atoms with E-state index >= 15 is 0 Å². The van der Waals surface area contributed by atoms with E-state index in [9.17, 15) is 10.1 Å². The van der Waals surface area contributed by atoms with Crippen molar-refractivity contribution in [1.82, 2.24) is 20.2 Å². The summed E-state index contributed by atoms with van der Waals surface area (Å²) in [5.41, 5.74) is -0.0240. The fraction of sp³-hybridized carbons (Fsp3) is 0.222. The summed E-state index contributed by atoms with van der Waals surface area (Å²) >= 11 is 1.16. The van der Waals surface area contributed by atoms with E-state index < -0.39 is 4.92 Å². The minimum atomic E-state index is -0.462. The van der Waals surface area contributed by atoms with Gasteiger partial charge in [-0.05, 0) is 18.7 Å². The van der Waals surface area contributed by atoms with Crippen LogP contribution in [0.5, 0.6) is 0 Å². The zero-order valence-corrected chi connectivity index (χ0v) is 10.5. The molecule has 2 aromatic heterocycles. The Hall–Kier alpha value is -2.16. The molecular formula is C9H10N6O2S. The van der Waals surface area contributed by atoms with Crippen molar-refractivity contribution in [2.75, 3.05) is 12.4 Å². The first-order valence-electron chi connectivity index (χ1n) is 4.99. The quantitative estimate of drug-likeness (QED) is 0.639. The lowest BCUT2D eigenvalue weighted by molar-refractivity contribution is -0.385. The maximum atomic E-state index is 10.8. The maximum Gasteiger partial charge on any atom is 0.275 e. The van der Waals surface area contributed by atoms with Crippen LogP contribution >= 0.6 is 11.8 Å². The third kappa shape index (κ3) is 2.74. The molecular weight excluding hydrogens is 256 g/mol. The van der Waals surface area contributed by atoms with Gasteiger partial charge in [0.25, 0.3) is 5.69 Å². The second-order valence-corrected chi connectivity index (χ2v) is 4.35. The van der Waals surface area contributed by atoms with Crippen LogP contribution in [0.15, 0.2) is 22.3 Å². The van der Waals surface area contributed by atoms with Crippen LogP contribution in [-0.4, -0.2) is 32.1 Å². The molecule has 0 bridgehead atoms. The molecule has 8 nitrogen and oxygen atoms in total. The first kappa shape index (κ1) is 12.3. The van der Waals surface area contributed by atoms with Crippen molar-refractivity contribution in [1.29, 1.82) is 0 Å². The fourth-order valence-corrected chi connectivity index (χ4v) is 2.02. The molecule has 0 atom stereocenters. The lowest BCUT2D eigenvalue weighted by Crippen LogP contribution is -1.97. The fourth-order valence-electron chi connectivity index (χ4n) is 1.24. The summed E-state index contributed by atoms with van der Waals surface area (Å²) in [7, 11) is 1.65. The number of aromatic nitrogens is 4. The average Bonchev–Trinajstić information content (AvgIpc) is 2.74. The standard InChI is InChI=1S/C9H10N6O2S/c1-5-11-9(14-13-5)18-8-4-6(15(16)17)3-7(10-2)12-8/h3-4H,1-2H3,(H,10,12)(H,11,13,14). The molecule has 0 radical (unpaired) electrons. The molecule has 2 N–H and O–H groups in total. The van der Waals surface area contributed by atoms with Crippen molar-refractivity contribution in [2.24, 2.45) is 0 Å². The Bertz CT molecular complexity index is 584. The summed E-state index contributed by atoms with van der Waals surface area (Å²) in [6, 6.07) is 2.75. The van der Waals surface area contributed by atoms with Crippen molar-refractivity contribution < 1.29 is 4.92 Å². The molecule has 18 heavy (non-hydrogen) atoms. The summed E-state index contributed by atoms with van der Waals surface area (Å²) in [5, 5.41) is 21.1. The van der Waals surface area contributed by atoms with Crippen molar-refractivity contribution in [3.05, 3.63) is 28.1 Å². The van der Waals surface area contributed by atoms with Gasteiger partial charge in [0.05, 0.1) is 11.0 Å². The van der Waals surface area contributed by atoms with Gasteiger partial charge >= 0.3 is 0 Å². The number of aryl methyl sites for hydroxylation is 1. The molecule has 0 aliphatic heterocycles. The van der Waals surface area contributed by atoms with E-state index in [-0.39, 0.29) is 5.69 Å². The number of nitrogens with zero attached hydrogens (tertiary/aromatic N) is 4. The summed E-state index contributed by atoms with van der Waals surface area (Å²) in [5.74, 6) is 1.11. The van der Waals surface area contributed by atoms with Crippen LogP contribution < -0.4 is 5.32 Å². The minimum absolute atomic E-state index is 0.0240. The van der Waals surface area contributed by atoms with Gasteiger partial charge in [0.2, 0.25) is 5.16 Å². The molecule has 0 saturated heterocycles. The van der Waals surface area contributed by atoms with E-state index in [2.05, 4.69) is 25.5 Å². The van der Waals surface area contributed by atoms with Crippen molar-refractivity contribution >= 4 is 23.3 Å². The van der Waals surface area contributed by atoms with E-state index in [1.54, 1.807) is 14.0 Å². The lowest BCUT2D eigenvalue weighted by Gasteiger charge is -2.02. The van der Waals surface area contributed by atoms with Gasteiger partial charge < -0.3 is 5.32 Å². The highest BCUT2D eigenvalue weighted by molar-refractivity contribution is 7.99. The number of nitro groups is 1. The molecule has 0 amide bonds. The Morgan fingerprint density at radius 2 is 2.22 bits per heavy atom. The molecule has 0 spiro atoms. The van der Waals surface area contributed by atoms with E-state index in [1.807, 2.05) is 0 Å². The smallest absolute Gasteiger partial charge is 0.275 e. The molecule has 2 aromatic rings. The number of nitrogens with one attached hydrogen (secondary N) is 2. The highest BCUT2D eigenvalue weighted by atomic mass is 32.2. The van der Waals surface area contributed by atoms with E-state index in [1.165, 1.54) is 12.1 Å². The molecule has 9 heteroatoms. The molecule has 0 aliphatic carbocycles. The topological polar surface area (TPSA) is 110 Å². The lowest BCUT2D eigenvalue weighted by atomic mass is 10.4.